The van der Waals surface area contributed by atoms with Crippen molar-refractivity contribution >= 4 is 5.91 Å². The predicted molar refractivity (Wildman–Crippen MR) is 141 cm³/mol. The van der Waals surface area contributed by atoms with Gasteiger partial charge < -0.3 is 87.9 Å². The summed E-state index contributed by atoms with van der Waals surface area (Å²) in [5.74, 6) is -0.922. The topological polar surface area (TPSA) is 313 Å². The Morgan fingerprint density at radius 1 is 0.905 bits per heavy atom. The minimum atomic E-state index is -1.73. The van der Waals surface area contributed by atoms with Gasteiger partial charge in [-0.05, 0) is 26.3 Å². The lowest BCUT2D eigenvalue weighted by Crippen LogP contribution is -2.70. The maximum Gasteiger partial charge on any atom is 0.250 e. The van der Waals surface area contributed by atoms with E-state index < -0.39 is 110 Å². The maximum absolute atomic E-state index is 12.1. The first-order chi connectivity index (χ1) is 19.9. The number of ether oxygens (including phenoxy) is 5. The fraction of sp³-hybridized carbons (Fsp3) is 0.958. The minimum absolute atomic E-state index is 0.161. The smallest absolute Gasteiger partial charge is 0.250 e. The van der Waals surface area contributed by atoms with E-state index in [0.29, 0.717) is 12.8 Å². The van der Waals surface area contributed by atoms with E-state index in [-0.39, 0.29) is 19.0 Å². The Balaban J connectivity index is 1.41. The molecule has 3 aliphatic heterocycles. The summed E-state index contributed by atoms with van der Waals surface area (Å²) in [6, 6.07) is -3.75. The molecule has 0 radical (unpaired) electrons. The van der Waals surface area contributed by atoms with Crippen molar-refractivity contribution in [2.75, 3.05) is 20.2 Å². The first-order valence-electron chi connectivity index (χ1n) is 14.1. The molecule has 1 amide bonds. The number of aliphatic hydroxyl groups excluding tert-OH is 6. The SMILES string of the molecule is CNC1C(O[C@H]2OC(CO)[C@@H](NC(=O)[C@@H](O)CN)[C@H](O)C2O)O[C@H]2C[C@H](N)[C@@H](O[C@@H]3C(N)C[C@@H](N)C[C@H]3O)OC2C1O. The summed E-state index contributed by atoms with van der Waals surface area (Å²) < 4.78 is 29.6. The zero-order chi connectivity index (χ0) is 30.9. The molecule has 4 fully saturated rings. The van der Waals surface area contributed by atoms with Crippen molar-refractivity contribution in [3.63, 3.8) is 0 Å². The third-order valence-electron chi connectivity index (χ3n) is 8.35. The van der Waals surface area contributed by atoms with Crippen LogP contribution in [-0.4, -0.2) is 161 Å². The first-order valence-corrected chi connectivity index (χ1v) is 14.1. The van der Waals surface area contributed by atoms with Crippen LogP contribution in [0.4, 0.5) is 0 Å². The van der Waals surface area contributed by atoms with Crippen molar-refractivity contribution in [1.29, 1.82) is 0 Å². The quantitative estimate of drug-likeness (QED) is 0.115. The Kier molecular flexibility index (Phi) is 11.5. The highest BCUT2D eigenvalue weighted by Gasteiger charge is 2.54. The Morgan fingerprint density at radius 2 is 1.62 bits per heavy atom. The molecule has 0 spiro atoms. The number of hydrogen-bond acceptors (Lipinski definition) is 17. The van der Waals surface area contributed by atoms with Gasteiger partial charge in [0.1, 0.15) is 42.7 Å². The van der Waals surface area contributed by atoms with Crippen molar-refractivity contribution in [3.8, 4) is 0 Å². The number of carbonyl (C=O) groups is 1. The molecular formula is C24H46N6O12. The average Bonchev–Trinajstić information content (AvgIpc) is 2.94. The minimum Gasteiger partial charge on any atom is -0.394 e. The third-order valence-corrected chi connectivity index (χ3v) is 8.35. The molecule has 0 bridgehead atoms. The Bertz CT molecular complexity index is 881. The van der Waals surface area contributed by atoms with Crippen LogP contribution in [0, 0.1) is 0 Å². The highest BCUT2D eigenvalue weighted by Crippen LogP contribution is 2.35. The van der Waals surface area contributed by atoms with Crippen molar-refractivity contribution < 1.29 is 59.1 Å². The normalized spacial score (nSPS) is 48.7. The first kappa shape index (κ1) is 33.7. The zero-order valence-corrected chi connectivity index (χ0v) is 23.3. The van der Waals surface area contributed by atoms with Crippen LogP contribution in [0.15, 0.2) is 0 Å². The van der Waals surface area contributed by atoms with Gasteiger partial charge >= 0.3 is 0 Å². The van der Waals surface area contributed by atoms with Crippen LogP contribution in [0.2, 0.25) is 0 Å². The van der Waals surface area contributed by atoms with Crippen LogP contribution in [0.25, 0.3) is 0 Å². The van der Waals surface area contributed by atoms with Gasteiger partial charge in [-0.25, -0.2) is 0 Å². The molecule has 18 nitrogen and oxygen atoms in total. The molecule has 1 aliphatic carbocycles. The number of nitrogens with one attached hydrogen (secondary N) is 2. The van der Waals surface area contributed by atoms with E-state index in [2.05, 4.69) is 10.6 Å². The Hall–Kier alpha value is -1.17. The lowest BCUT2D eigenvalue weighted by molar-refractivity contribution is -0.373. The van der Waals surface area contributed by atoms with E-state index in [4.69, 9.17) is 46.6 Å². The average molecular weight is 611 g/mol. The number of amides is 1. The zero-order valence-electron chi connectivity index (χ0n) is 23.3. The fourth-order valence-electron chi connectivity index (χ4n) is 6.00. The van der Waals surface area contributed by atoms with E-state index in [1.165, 1.54) is 7.05 Å². The summed E-state index contributed by atoms with van der Waals surface area (Å²) >= 11 is 0. The molecular weight excluding hydrogens is 564 g/mol. The largest absolute Gasteiger partial charge is 0.394 e. The lowest BCUT2D eigenvalue weighted by atomic mass is 9.86. The molecule has 0 aromatic rings. The Morgan fingerprint density at radius 3 is 2.24 bits per heavy atom. The molecule has 16 N–H and O–H groups in total. The number of likely N-dealkylation sites (N-methyl/N-ethyl adjacent to an activating group) is 1. The van der Waals surface area contributed by atoms with Gasteiger partial charge in [0.25, 0.3) is 5.91 Å². The van der Waals surface area contributed by atoms with Crippen LogP contribution in [0.1, 0.15) is 19.3 Å². The molecule has 18 heteroatoms. The van der Waals surface area contributed by atoms with Gasteiger partial charge in [-0.3, -0.25) is 4.79 Å². The monoisotopic (exact) mass is 610 g/mol. The summed E-state index contributed by atoms with van der Waals surface area (Å²) in [5, 5.41) is 67.9. The van der Waals surface area contributed by atoms with Gasteiger partial charge in [-0.2, -0.15) is 0 Å². The van der Waals surface area contributed by atoms with Crippen LogP contribution < -0.4 is 33.6 Å². The van der Waals surface area contributed by atoms with Gasteiger partial charge in [0.2, 0.25) is 0 Å². The standard InChI is InChI=1S/C24H46N6O12/c1-29-15-17(35)20-12(4-9(28)22(41-20)40-19-8(27)2-7(26)3-10(19)32)38-23(15)42-24-18(36)16(34)14(13(6-31)39-24)30-21(37)11(33)5-25/h7-20,22-24,29,31-36H,2-6,25-28H2,1H3,(H,30,37)/t7-,8?,9+,10-,11+,12+,13?,14-,15?,16+,17?,18?,19-,20?,22+,23?,24-/m1/s1. The van der Waals surface area contributed by atoms with E-state index in [1.54, 1.807) is 0 Å². The van der Waals surface area contributed by atoms with Crippen LogP contribution >= 0.6 is 0 Å². The van der Waals surface area contributed by atoms with E-state index in [0.717, 1.165) is 0 Å². The van der Waals surface area contributed by atoms with E-state index in [1.807, 2.05) is 0 Å². The molecule has 4 aliphatic rings. The molecule has 3 heterocycles. The number of aliphatic hydroxyl groups is 6. The molecule has 1 saturated carbocycles. The molecule has 0 aromatic carbocycles. The summed E-state index contributed by atoms with van der Waals surface area (Å²) in [5.41, 5.74) is 23.7. The van der Waals surface area contributed by atoms with E-state index in [9.17, 15) is 35.4 Å². The number of hydrogen-bond donors (Lipinski definition) is 12. The molecule has 244 valence electrons. The predicted octanol–water partition coefficient (Wildman–Crippen LogP) is -7.44. The van der Waals surface area contributed by atoms with Crippen LogP contribution in [0.5, 0.6) is 0 Å². The molecule has 7 unspecified atom stereocenters. The van der Waals surface area contributed by atoms with Gasteiger partial charge in [0, 0.05) is 18.6 Å². The number of carbonyl (C=O) groups excluding carboxylic acids is 1. The molecule has 3 saturated heterocycles. The second-order valence-electron chi connectivity index (χ2n) is 11.4. The van der Waals surface area contributed by atoms with Crippen LogP contribution in [-0.2, 0) is 28.5 Å². The van der Waals surface area contributed by atoms with Crippen LogP contribution in [0.3, 0.4) is 0 Å². The second-order valence-corrected chi connectivity index (χ2v) is 11.4. The molecule has 4 rings (SSSR count). The summed E-state index contributed by atoms with van der Waals surface area (Å²) in [4.78, 5) is 12.1. The maximum atomic E-state index is 12.1. The van der Waals surface area contributed by atoms with E-state index >= 15 is 0 Å². The highest BCUT2D eigenvalue weighted by atomic mass is 16.8. The molecule has 42 heavy (non-hydrogen) atoms. The molecule has 17 atom stereocenters. The van der Waals surface area contributed by atoms with Crippen molar-refractivity contribution in [2.24, 2.45) is 22.9 Å². The summed E-state index contributed by atoms with van der Waals surface area (Å²) in [6.45, 7) is -1.06. The lowest BCUT2D eigenvalue weighted by Gasteiger charge is -2.51. The van der Waals surface area contributed by atoms with Gasteiger partial charge in [0.15, 0.2) is 18.9 Å². The highest BCUT2D eigenvalue weighted by molar-refractivity contribution is 5.81. The Labute approximate surface area is 242 Å². The van der Waals surface area contributed by atoms with Crippen molar-refractivity contribution in [1.82, 2.24) is 10.6 Å². The number of fused-ring (bicyclic) bond motifs is 1. The second kappa shape index (κ2) is 14.3. The summed E-state index contributed by atoms with van der Waals surface area (Å²) in [6.07, 6.45) is -13.7. The number of rotatable bonds is 9. The number of nitrogens with two attached hydrogens (primary N) is 4. The van der Waals surface area contributed by atoms with Gasteiger partial charge in [-0.15, -0.1) is 0 Å². The van der Waals surface area contributed by atoms with Crippen molar-refractivity contribution in [2.45, 2.75) is 123 Å². The van der Waals surface area contributed by atoms with Gasteiger partial charge in [0.05, 0.1) is 36.9 Å². The fourth-order valence-corrected chi connectivity index (χ4v) is 6.00. The van der Waals surface area contributed by atoms with Crippen molar-refractivity contribution in [3.05, 3.63) is 0 Å². The molecule has 0 aromatic heterocycles. The van der Waals surface area contributed by atoms with Gasteiger partial charge in [-0.1, -0.05) is 0 Å². The third kappa shape index (κ3) is 7.04. The summed E-state index contributed by atoms with van der Waals surface area (Å²) in [7, 11) is 1.54.